The van der Waals surface area contributed by atoms with Crippen molar-refractivity contribution in [3.05, 3.63) is 54.1 Å². The van der Waals surface area contributed by atoms with Gasteiger partial charge in [-0.25, -0.2) is 4.39 Å². The van der Waals surface area contributed by atoms with Crippen LogP contribution in [-0.4, -0.2) is 41.7 Å². The van der Waals surface area contributed by atoms with Gasteiger partial charge in [0.2, 0.25) is 0 Å². The molecule has 0 spiro atoms. The van der Waals surface area contributed by atoms with Gasteiger partial charge in [0, 0.05) is 43.6 Å². The summed E-state index contributed by atoms with van der Waals surface area (Å²) >= 11 is 0. The minimum absolute atomic E-state index is 0.127. The molecule has 3 rings (SSSR count). The Morgan fingerprint density at radius 1 is 1.39 bits per heavy atom. The molecule has 23 heavy (non-hydrogen) atoms. The second-order valence-electron chi connectivity index (χ2n) is 5.83. The Morgan fingerprint density at radius 3 is 2.78 bits per heavy atom. The average Bonchev–Trinajstić information content (AvgIpc) is 3.25. The normalized spacial score (nSPS) is 17.4. The second-order valence-corrected chi connectivity index (χ2v) is 5.83. The molecule has 0 saturated carbocycles. The van der Waals surface area contributed by atoms with Gasteiger partial charge in [0.15, 0.2) is 0 Å². The molecular formula is C18H21FN2O2. The van der Waals surface area contributed by atoms with E-state index in [2.05, 4.69) is 0 Å². The molecule has 1 fully saturated rings. The van der Waals surface area contributed by atoms with E-state index in [0.717, 1.165) is 13.0 Å². The first-order valence-corrected chi connectivity index (χ1v) is 7.99. The summed E-state index contributed by atoms with van der Waals surface area (Å²) in [7, 11) is 0. The van der Waals surface area contributed by atoms with E-state index in [4.69, 9.17) is 4.74 Å². The van der Waals surface area contributed by atoms with Crippen LogP contribution in [0, 0.1) is 11.7 Å². The van der Waals surface area contributed by atoms with Gasteiger partial charge in [0.1, 0.15) is 5.82 Å². The van der Waals surface area contributed by atoms with Crippen LogP contribution in [0.3, 0.4) is 0 Å². The molecule has 5 heteroatoms. The number of ether oxygens (including phenoxy) is 1. The summed E-state index contributed by atoms with van der Waals surface area (Å²) in [6.07, 6.45) is 4.53. The van der Waals surface area contributed by atoms with Gasteiger partial charge >= 0.3 is 0 Å². The van der Waals surface area contributed by atoms with Gasteiger partial charge in [-0.3, -0.25) is 4.79 Å². The quantitative estimate of drug-likeness (QED) is 0.849. The van der Waals surface area contributed by atoms with Crippen LogP contribution in [0.5, 0.6) is 0 Å². The number of halogens is 1. The van der Waals surface area contributed by atoms with Gasteiger partial charge < -0.3 is 14.2 Å². The lowest BCUT2D eigenvalue weighted by molar-refractivity contribution is 0.0730. The number of aromatic nitrogens is 1. The first-order valence-electron chi connectivity index (χ1n) is 7.99. The van der Waals surface area contributed by atoms with E-state index in [1.807, 2.05) is 19.1 Å². The Morgan fingerprint density at radius 2 is 2.17 bits per heavy atom. The van der Waals surface area contributed by atoms with E-state index in [0.29, 0.717) is 36.9 Å². The van der Waals surface area contributed by atoms with Crippen molar-refractivity contribution < 1.29 is 13.9 Å². The maximum Gasteiger partial charge on any atom is 0.253 e. The van der Waals surface area contributed by atoms with Crippen LogP contribution in [0.2, 0.25) is 0 Å². The molecule has 0 radical (unpaired) electrons. The molecule has 1 aliphatic rings. The number of nitrogens with zero attached hydrogens (tertiary/aromatic N) is 2. The average molecular weight is 316 g/mol. The van der Waals surface area contributed by atoms with Crippen molar-refractivity contribution in [3.63, 3.8) is 0 Å². The van der Waals surface area contributed by atoms with Crippen molar-refractivity contribution >= 4 is 5.91 Å². The molecule has 1 saturated heterocycles. The minimum atomic E-state index is -0.396. The van der Waals surface area contributed by atoms with E-state index in [9.17, 15) is 9.18 Å². The molecule has 1 atom stereocenters. The topological polar surface area (TPSA) is 34.5 Å². The smallest absolute Gasteiger partial charge is 0.253 e. The van der Waals surface area contributed by atoms with Gasteiger partial charge in [-0.05, 0) is 43.7 Å². The van der Waals surface area contributed by atoms with Crippen molar-refractivity contribution in [2.75, 3.05) is 26.3 Å². The highest BCUT2D eigenvalue weighted by atomic mass is 19.1. The number of carbonyl (C=O) groups excluding carboxylic acids is 1. The van der Waals surface area contributed by atoms with Gasteiger partial charge in [-0.2, -0.15) is 0 Å². The van der Waals surface area contributed by atoms with Crippen molar-refractivity contribution in [1.29, 1.82) is 0 Å². The van der Waals surface area contributed by atoms with Gasteiger partial charge in [-0.15, -0.1) is 0 Å². The maximum absolute atomic E-state index is 14.3. The summed E-state index contributed by atoms with van der Waals surface area (Å²) in [5.74, 6) is -0.146. The molecule has 1 aromatic carbocycles. The van der Waals surface area contributed by atoms with E-state index in [1.54, 1.807) is 34.0 Å². The predicted molar refractivity (Wildman–Crippen MR) is 86.2 cm³/mol. The van der Waals surface area contributed by atoms with E-state index in [-0.39, 0.29) is 5.91 Å². The fourth-order valence-electron chi connectivity index (χ4n) is 2.92. The molecule has 1 unspecified atom stereocenters. The number of hydrogen-bond donors (Lipinski definition) is 0. The van der Waals surface area contributed by atoms with Crippen LogP contribution in [0.1, 0.15) is 23.7 Å². The third-order valence-corrected chi connectivity index (χ3v) is 4.25. The molecule has 2 aromatic rings. The van der Waals surface area contributed by atoms with Crippen molar-refractivity contribution in [1.82, 2.24) is 9.47 Å². The molecule has 1 amide bonds. The van der Waals surface area contributed by atoms with Gasteiger partial charge in [-0.1, -0.05) is 0 Å². The Labute approximate surface area is 135 Å². The molecule has 1 aliphatic heterocycles. The summed E-state index contributed by atoms with van der Waals surface area (Å²) in [5.41, 5.74) is 0.831. The Kier molecular flexibility index (Phi) is 4.76. The third-order valence-electron chi connectivity index (χ3n) is 4.25. The Hall–Kier alpha value is -2.14. The van der Waals surface area contributed by atoms with Crippen LogP contribution in [-0.2, 0) is 4.74 Å². The van der Waals surface area contributed by atoms with Crippen LogP contribution in [0.25, 0.3) is 5.69 Å². The fourth-order valence-corrected chi connectivity index (χ4v) is 2.92. The maximum atomic E-state index is 14.3. The molecule has 2 heterocycles. The molecule has 122 valence electrons. The molecule has 0 bridgehead atoms. The van der Waals surface area contributed by atoms with Crippen molar-refractivity contribution in [2.45, 2.75) is 13.3 Å². The largest absolute Gasteiger partial charge is 0.381 e. The number of amides is 1. The lowest BCUT2D eigenvalue weighted by Gasteiger charge is -2.24. The molecule has 0 N–H and O–H groups in total. The van der Waals surface area contributed by atoms with Gasteiger partial charge in [0.05, 0.1) is 12.3 Å². The lowest BCUT2D eigenvalue weighted by atomic mass is 10.1. The second kappa shape index (κ2) is 6.96. The highest BCUT2D eigenvalue weighted by Crippen LogP contribution is 2.19. The zero-order valence-electron chi connectivity index (χ0n) is 13.2. The van der Waals surface area contributed by atoms with Crippen LogP contribution >= 0.6 is 0 Å². The SMILES string of the molecule is CCN(CC1CCOC1)C(=O)c1ccc(-n2cccc2)c(F)c1. The summed E-state index contributed by atoms with van der Waals surface area (Å²) in [4.78, 5) is 14.4. The zero-order valence-corrected chi connectivity index (χ0v) is 13.2. The predicted octanol–water partition coefficient (Wildman–Crippen LogP) is 3.12. The molecule has 0 aliphatic carbocycles. The lowest BCUT2D eigenvalue weighted by Crippen LogP contribution is -2.35. The van der Waals surface area contributed by atoms with E-state index in [1.165, 1.54) is 6.07 Å². The highest BCUT2D eigenvalue weighted by Gasteiger charge is 2.23. The number of hydrogen-bond acceptors (Lipinski definition) is 2. The van der Waals surface area contributed by atoms with Crippen molar-refractivity contribution in [2.24, 2.45) is 5.92 Å². The number of rotatable bonds is 5. The Bertz CT molecular complexity index is 664. The van der Waals surface area contributed by atoms with E-state index < -0.39 is 5.82 Å². The fraction of sp³-hybridized carbons (Fsp3) is 0.389. The summed E-state index contributed by atoms with van der Waals surface area (Å²) in [6, 6.07) is 8.33. The molecular weight excluding hydrogens is 295 g/mol. The van der Waals surface area contributed by atoms with Crippen LogP contribution in [0.15, 0.2) is 42.7 Å². The molecule has 4 nitrogen and oxygen atoms in total. The van der Waals surface area contributed by atoms with E-state index >= 15 is 0 Å². The first kappa shape index (κ1) is 15.7. The van der Waals surface area contributed by atoms with Crippen molar-refractivity contribution in [3.8, 4) is 5.69 Å². The first-order chi connectivity index (χ1) is 11.2. The Balaban J connectivity index is 1.77. The molecule has 1 aromatic heterocycles. The van der Waals surface area contributed by atoms with Crippen LogP contribution < -0.4 is 0 Å². The highest BCUT2D eigenvalue weighted by molar-refractivity contribution is 5.94. The number of carbonyl (C=O) groups is 1. The monoisotopic (exact) mass is 316 g/mol. The summed E-state index contributed by atoms with van der Waals surface area (Å²) in [5, 5.41) is 0. The third kappa shape index (κ3) is 3.45. The zero-order chi connectivity index (χ0) is 16.2. The standard InChI is InChI=1S/C18H21FN2O2/c1-2-20(12-14-7-10-23-13-14)18(22)15-5-6-17(16(19)11-15)21-8-3-4-9-21/h3-6,8-9,11,14H,2,7,10,12-13H2,1H3. The summed E-state index contributed by atoms with van der Waals surface area (Å²) < 4.78 is 21.4. The van der Waals surface area contributed by atoms with Gasteiger partial charge in [0.25, 0.3) is 5.91 Å². The summed E-state index contributed by atoms with van der Waals surface area (Å²) in [6.45, 7) is 4.67. The van der Waals surface area contributed by atoms with Crippen LogP contribution in [0.4, 0.5) is 4.39 Å². The number of benzene rings is 1. The minimum Gasteiger partial charge on any atom is -0.381 e.